The van der Waals surface area contributed by atoms with E-state index in [0.29, 0.717) is 5.96 Å². The van der Waals surface area contributed by atoms with Gasteiger partial charge >= 0.3 is 0 Å². The van der Waals surface area contributed by atoms with Crippen molar-refractivity contribution >= 4 is 5.96 Å². The third kappa shape index (κ3) is 4.96. The molecule has 0 amide bonds. The summed E-state index contributed by atoms with van der Waals surface area (Å²) >= 11 is 0. The lowest BCUT2D eigenvalue weighted by Crippen LogP contribution is -2.49. The van der Waals surface area contributed by atoms with Crippen LogP contribution in [0, 0.1) is 0 Å². The van der Waals surface area contributed by atoms with Gasteiger partial charge in [-0.3, -0.25) is 4.99 Å². The molecule has 0 aliphatic rings. The van der Waals surface area contributed by atoms with Crippen molar-refractivity contribution in [3.8, 4) is 0 Å². The van der Waals surface area contributed by atoms with Crippen LogP contribution in [0.5, 0.6) is 0 Å². The van der Waals surface area contributed by atoms with E-state index in [1.807, 2.05) is 20.8 Å². The van der Waals surface area contributed by atoms with E-state index in [0.717, 1.165) is 13.0 Å². The number of nitrogens with two attached hydrogens (primary N) is 1. The lowest BCUT2D eigenvalue weighted by molar-refractivity contribution is 0.206. The van der Waals surface area contributed by atoms with Crippen LogP contribution in [-0.2, 0) is 0 Å². The molecule has 12 heavy (non-hydrogen) atoms. The molecule has 0 aromatic heterocycles. The van der Waals surface area contributed by atoms with Crippen molar-refractivity contribution in [3.63, 3.8) is 0 Å². The largest absolute Gasteiger partial charge is 0.394 e. The molecule has 0 aromatic rings. The maximum Gasteiger partial charge on any atom is 0.189 e. The molecule has 0 atom stereocenters. The van der Waals surface area contributed by atoms with Gasteiger partial charge in [-0.25, -0.2) is 0 Å². The quantitative estimate of drug-likeness (QED) is 0.416. The van der Waals surface area contributed by atoms with Crippen LogP contribution in [0.25, 0.3) is 0 Å². The molecule has 0 aliphatic heterocycles. The number of aliphatic imine (C=N–C) groups is 1. The van der Waals surface area contributed by atoms with Crippen LogP contribution in [0.15, 0.2) is 4.99 Å². The van der Waals surface area contributed by atoms with E-state index in [1.165, 1.54) is 0 Å². The molecule has 0 fully saturated rings. The minimum Gasteiger partial charge on any atom is -0.394 e. The second-order valence-corrected chi connectivity index (χ2v) is 3.43. The number of nitrogens with zero attached hydrogens (tertiary/aromatic N) is 1. The van der Waals surface area contributed by atoms with Crippen molar-refractivity contribution in [3.05, 3.63) is 0 Å². The van der Waals surface area contributed by atoms with Crippen LogP contribution in [0.2, 0.25) is 0 Å². The second kappa shape index (κ2) is 4.98. The summed E-state index contributed by atoms with van der Waals surface area (Å²) in [6, 6.07) is 0. The summed E-state index contributed by atoms with van der Waals surface area (Å²) in [6.45, 7) is 6.52. The smallest absolute Gasteiger partial charge is 0.189 e. The zero-order chi connectivity index (χ0) is 9.61. The van der Waals surface area contributed by atoms with E-state index >= 15 is 0 Å². The van der Waals surface area contributed by atoms with Gasteiger partial charge < -0.3 is 16.2 Å². The summed E-state index contributed by atoms with van der Waals surface area (Å²) in [4.78, 5) is 4.05. The van der Waals surface area contributed by atoms with Crippen molar-refractivity contribution in [2.75, 3.05) is 13.2 Å². The van der Waals surface area contributed by atoms with Gasteiger partial charge in [0.05, 0.1) is 12.1 Å². The Hall–Kier alpha value is -0.770. The number of guanidine groups is 1. The Morgan fingerprint density at radius 3 is 2.58 bits per heavy atom. The van der Waals surface area contributed by atoms with Gasteiger partial charge in [0, 0.05) is 6.54 Å². The van der Waals surface area contributed by atoms with E-state index in [4.69, 9.17) is 10.8 Å². The molecule has 4 nitrogen and oxygen atoms in total. The standard InChI is InChI=1S/C8H19N3O/c1-4-5-10-7(9)11-8(2,3)6-12/h12H,4-6H2,1-3H3,(H3,9,10,11). The Kier molecular flexibility index (Phi) is 4.66. The normalized spacial score (nSPS) is 13.2. The topological polar surface area (TPSA) is 70.6 Å². The molecule has 4 N–H and O–H groups in total. The molecule has 0 bridgehead atoms. The molecule has 0 heterocycles. The lowest BCUT2D eigenvalue weighted by Gasteiger charge is -2.23. The number of hydrogen-bond donors (Lipinski definition) is 3. The Bertz CT molecular complexity index is 154. The zero-order valence-corrected chi connectivity index (χ0v) is 8.09. The van der Waals surface area contributed by atoms with Crippen LogP contribution in [0.1, 0.15) is 27.2 Å². The number of rotatable bonds is 4. The summed E-state index contributed by atoms with van der Waals surface area (Å²) < 4.78 is 0. The maximum absolute atomic E-state index is 8.90. The molecule has 72 valence electrons. The zero-order valence-electron chi connectivity index (χ0n) is 8.09. The Morgan fingerprint density at radius 2 is 2.17 bits per heavy atom. The predicted molar refractivity (Wildman–Crippen MR) is 51.1 cm³/mol. The Morgan fingerprint density at radius 1 is 1.58 bits per heavy atom. The molecule has 0 rings (SSSR count). The molecular weight excluding hydrogens is 154 g/mol. The third-order valence-corrected chi connectivity index (χ3v) is 1.37. The summed E-state index contributed by atoms with van der Waals surface area (Å²) in [5.41, 5.74) is 5.16. The molecule has 0 aliphatic carbocycles. The van der Waals surface area contributed by atoms with E-state index in [2.05, 4.69) is 10.3 Å². The van der Waals surface area contributed by atoms with Gasteiger partial charge in [-0.1, -0.05) is 6.92 Å². The van der Waals surface area contributed by atoms with Gasteiger partial charge in [-0.05, 0) is 20.3 Å². The first-order valence-corrected chi connectivity index (χ1v) is 4.21. The first-order valence-electron chi connectivity index (χ1n) is 4.21. The lowest BCUT2D eigenvalue weighted by atomic mass is 10.1. The molecule has 0 unspecified atom stereocenters. The predicted octanol–water partition coefficient (Wildman–Crippen LogP) is 0.0716. The fraction of sp³-hybridized carbons (Fsp3) is 0.875. The van der Waals surface area contributed by atoms with Gasteiger partial charge in [0.15, 0.2) is 5.96 Å². The average molecular weight is 173 g/mol. The van der Waals surface area contributed by atoms with Crippen molar-refractivity contribution in [1.29, 1.82) is 0 Å². The van der Waals surface area contributed by atoms with E-state index < -0.39 is 0 Å². The molecule has 4 heteroatoms. The molecule has 0 saturated carbocycles. The van der Waals surface area contributed by atoms with Crippen LogP contribution in [-0.4, -0.2) is 29.8 Å². The van der Waals surface area contributed by atoms with Gasteiger partial charge in [0.25, 0.3) is 0 Å². The van der Waals surface area contributed by atoms with Crippen molar-refractivity contribution < 1.29 is 5.11 Å². The third-order valence-electron chi connectivity index (χ3n) is 1.37. The second-order valence-electron chi connectivity index (χ2n) is 3.43. The van der Waals surface area contributed by atoms with E-state index in [-0.39, 0.29) is 12.1 Å². The summed E-state index contributed by atoms with van der Waals surface area (Å²) in [7, 11) is 0. The highest BCUT2D eigenvalue weighted by molar-refractivity contribution is 5.78. The van der Waals surface area contributed by atoms with E-state index in [9.17, 15) is 0 Å². The summed E-state index contributed by atoms with van der Waals surface area (Å²) in [5, 5.41) is 11.8. The van der Waals surface area contributed by atoms with Gasteiger partial charge in [-0.2, -0.15) is 0 Å². The number of nitrogens with one attached hydrogen (secondary N) is 1. The van der Waals surface area contributed by atoms with Gasteiger partial charge in [0.2, 0.25) is 0 Å². The average Bonchev–Trinajstić information content (AvgIpc) is 2.00. The van der Waals surface area contributed by atoms with Crippen molar-refractivity contribution in [1.82, 2.24) is 5.32 Å². The van der Waals surface area contributed by atoms with Crippen LogP contribution < -0.4 is 11.1 Å². The number of hydrogen-bond acceptors (Lipinski definition) is 2. The fourth-order valence-electron chi connectivity index (χ4n) is 0.658. The summed E-state index contributed by atoms with van der Waals surface area (Å²) in [5.74, 6) is 0.399. The van der Waals surface area contributed by atoms with Crippen molar-refractivity contribution in [2.45, 2.75) is 32.7 Å². The Labute approximate surface area is 73.9 Å². The molecule has 0 radical (unpaired) electrons. The fourth-order valence-corrected chi connectivity index (χ4v) is 0.658. The first kappa shape index (κ1) is 11.2. The monoisotopic (exact) mass is 173 g/mol. The molecule has 0 aromatic carbocycles. The van der Waals surface area contributed by atoms with Gasteiger partial charge in [0.1, 0.15) is 0 Å². The maximum atomic E-state index is 8.90. The SMILES string of the molecule is CCCN=C(N)NC(C)(C)CO. The highest BCUT2D eigenvalue weighted by Crippen LogP contribution is 1.98. The highest BCUT2D eigenvalue weighted by atomic mass is 16.3. The Balaban J connectivity index is 3.90. The van der Waals surface area contributed by atoms with Crippen LogP contribution in [0.4, 0.5) is 0 Å². The number of aliphatic hydroxyl groups is 1. The first-order chi connectivity index (χ1) is 5.52. The minimum atomic E-state index is -0.388. The van der Waals surface area contributed by atoms with Crippen LogP contribution in [0.3, 0.4) is 0 Å². The molecule has 0 spiro atoms. The minimum absolute atomic E-state index is 0.0370. The van der Waals surface area contributed by atoms with Gasteiger partial charge in [-0.15, -0.1) is 0 Å². The van der Waals surface area contributed by atoms with Crippen molar-refractivity contribution in [2.24, 2.45) is 10.7 Å². The highest BCUT2D eigenvalue weighted by Gasteiger charge is 2.15. The van der Waals surface area contributed by atoms with E-state index in [1.54, 1.807) is 0 Å². The molecule has 0 saturated heterocycles. The van der Waals surface area contributed by atoms with Crippen LogP contribution >= 0.6 is 0 Å². The summed E-state index contributed by atoms with van der Waals surface area (Å²) in [6.07, 6.45) is 0.974. The molecular formula is C8H19N3O. The number of aliphatic hydroxyl groups excluding tert-OH is 1.